The van der Waals surface area contributed by atoms with E-state index in [9.17, 15) is 0 Å². The van der Waals surface area contributed by atoms with Crippen molar-refractivity contribution in [2.75, 3.05) is 0 Å². The molecule has 17 heavy (non-hydrogen) atoms. The van der Waals surface area contributed by atoms with Crippen molar-refractivity contribution in [3.8, 4) is 5.75 Å². The SMILES string of the molecule is OCc1ccccc1OCc1ccccc1Cl. The molecule has 1 N–H and O–H groups in total. The summed E-state index contributed by atoms with van der Waals surface area (Å²) in [4.78, 5) is 0. The highest BCUT2D eigenvalue weighted by Gasteiger charge is 2.03. The summed E-state index contributed by atoms with van der Waals surface area (Å²) in [6.07, 6.45) is 0. The Morgan fingerprint density at radius 3 is 2.29 bits per heavy atom. The number of rotatable bonds is 4. The van der Waals surface area contributed by atoms with E-state index in [0.29, 0.717) is 17.4 Å². The molecule has 0 radical (unpaired) electrons. The van der Waals surface area contributed by atoms with Crippen LogP contribution in [-0.2, 0) is 13.2 Å². The highest BCUT2D eigenvalue weighted by Crippen LogP contribution is 2.21. The summed E-state index contributed by atoms with van der Waals surface area (Å²) < 4.78 is 5.65. The van der Waals surface area contributed by atoms with Crippen LogP contribution in [0.3, 0.4) is 0 Å². The lowest BCUT2D eigenvalue weighted by Crippen LogP contribution is -1.99. The van der Waals surface area contributed by atoms with E-state index in [2.05, 4.69) is 0 Å². The summed E-state index contributed by atoms with van der Waals surface area (Å²) in [6.45, 7) is 0.370. The van der Waals surface area contributed by atoms with Gasteiger partial charge in [-0.2, -0.15) is 0 Å². The van der Waals surface area contributed by atoms with Crippen LogP contribution < -0.4 is 4.74 Å². The molecule has 2 aromatic carbocycles. The average Bonchev–Trinajstić information content (AvgIpc) is 2.38. The molecule has 2 rings (SSSR count). The van der Waals surface area contributed by atoms with Gasteiger partial charge in [-0.05, 0) is 12.1 Å². The number of hydrogen-bond donors (Lipinski definition) is 1. The molecule has 0 aliphatic heterocycles. The largest absolute Gasteiger partial charge is 0.488 e. The summed E-state index contributed by atoms with van der Waals surface area (Å²) in [5.74, 6) is 0.690. The van der Waals surface area contributed by atoms with Crippen LogP contribution in [0.25, 0.3) is 0 Å². The summed E-state index contributed by atoms with van der Waals surface area (Å²) >= 11 is 6.03. The molecule has 88 valence electrons. The van der Waals surface area contributed by atoms with Gasteiger partial charge in [-0.3, -0.25) is 0 Å². The topological polar surface area (TPSA) is 29.5 Å². The minimum Gasteiger partial charge on any atom is -0.488 e. The van der Waals surface area contributed by atoms with Crippen molar-refractivity contribution in [3.63, 3.8) is 0 Å². The monoisotopic (exact) mass is 248 g/mol. The van der Waals surface area contributed by atoms with Gasteiger partial charge in [-0.15, -0.1) is 0 Å². The zero-order valence-corrected chi connectivity index (χ0v) is 10.0. The Morgan fingerprint density at radius 1 is 0.941 bits per heavy atom. The maximum Gasteiger partial charge on any atom is 0.125 e. The highest BCUT2D eigenvalue weighted by molar-refractivity contribution is 6.31. The van der Waals surface area contributed by atoms with E-state index >= 15 is 0 Å². The molecule has 0 fully saturated rings. The molecule has 0 bridgehead atoms. The molecule has 2 aromatic rings. The van der Waals surface area contributed by atoms with Gasteiger partial charge in [0.05, 0.1) is 6.61 Å². The van der Waals surface area contributed by atoms with Crippen LogP contribution in [0.2, 0.25) is 5.02 Å². The van der Waals surface area contributed by atoms with Crippen molar-refractivity contribution in [2.24, 2.45) is 0 Å². The Labute approximate surface area is 105 Å². The maximum absolute atomic E-state index is 9.16. The summed E-state index contributed by atoms with van der Waals surface area (Å²) in [5, 5.41) is 9.85. The fourth-order valence-corrected chi connectivity index (χ4v) is 1.74. The number of para-hydroxylation sites is 1. The molecular formula is C14H13ClO2. The zero-order valence-electron chi connectivity index (χ0n) is 9.27. The van der Waals surface area contributed by atoms with Crippen LogP contribution in [0.15, 0.2) is 48.5 Å². The van der Waals surface area contributed by atoms with E-state index in [1.165, 1.54) is 0 Å². The third kappa shape index (κ3) is 2.99. The van der Waals surface area contributed by atoms with Crippen molar-refractivity contribution in [3.05, 3.63) is 64.7 Å². The average molecular weight is 249 g/mol. The molecule has 0 saturated carbocycles. The fraction of sp³-hybridized carbons (Fsp3) is 0.143. The number of aliphatic hydroxyl groups is 1. The van der Waals surface area contributed by atoms with Crippen molar-refractivity contribution in [1.82, 2.24) is 0 Å². The number of aliphatic hydroxyl groups excluding tert-OH is 1. The van der Waals surface area contributed by atoms with Gasteiger partial charge in [0.2, 0.25) is 0 Å². The maximum atomic E-state index is 9.16. The Kier molecular flexibility index (Phi) is 4.02. The molecule has 0 aliphatic rings. The van der Waals surface area contributed by atoms with Crippen molar-refractivity contribution < 1.29 is 9.84 Å². The molecule has 0 atom stereocenters. The first-order valence-electron chi connectivity index (χ1n) is 5.36. The molecule has 3 heteroatoms. The zero-order chi connectivity index (χ0) is 12.1. The quantitative estimate of drug-likeness (QED) is 0.899. The Morgan fingerprint density at radius 2 is 1.59 bits per heavy atom. The molecule has 0 aromatic heterocycles. The number of ether oxygens (including phenoxy) is 1. The molecule has 0 unspecified atom stereocenters. The van der Waals surface area contributed by atoms with E-state index in [-0.39, 0.29) is 6.61 Å². The first kappa shape index (κ1) is 12.0. The van der Waals surface area contributed by atoms with E-state index < -0.39 is 0 Å². The number of halogens is 1. The first-order chi connectivity index (χ1) is 8.31. The fourth-order valence-electron chi connectivity index (χ4n) is 1.55. The second-order valence-corrected chi connectivity index (χ2v) is 4.05. The van der Waals surface area contributed by atoms with Gasteiger partial charge >= 0.3 is 0 Å². The Bertz CT molecular complexity index is 497. The molecule has 0 aliphatic carbocycles. The smallest absolute Gasteiger partial charge is 0.125 e. The van der Waals surface area contributed by atoms with E-state index in [4.69, 9.17) is 21.4 Å². The van der Waals surface area contributed by atoms with E-state index in [0.717, 1.165) is 11.1 Å². The normalized spacial score (nSPS) is 10.2. The third-order valence-electron chi connectivity index (χ3n) is 2.48. The molecule has 2 nitrogen and oxygen atoms in total. The van der Waals surface area contributed by atoms with Gasteiger partial charge in [-0.25, -0.2) is 0 Å². The Hall–Kier alpha value is -1.51. The van der Waals surface area contributed by atoms with Gasteiger partial charge < -0.3 is 9.84 Å². The van der Waals surface area contributed by atoms with E-state index in [1.807, 2.05) is 48.5 Å². The van der Waals surface area contributed by atoms with E-state index in [1.54, 1.807) is 0 Å². The number of hydrogen-bond acceptors (Lipinski definition) is 2. The number of benzene rings is 2. The minimum atomic E-state index is -0.0291. The van der Waals surface area contributed by atoms with Crippen molar-refractivity contribution >= 4 is 11.6 Å². The van der Waals surface area contributed by atoms with Crippen molar-refractivity contribution in [2.45, 2.75) is 13.2 Å². The predicted octanol–water partition coefficient (Wildman–Crippen LogP) is 3.41. The van der Waals surface area contributed by atoms with Crippen LogP contribution >= 0.6 is 11.6 Å². The minimum absolute atomic E-state index is 0.0291. The van der Waals surface area contributed by atoms with Gasteiger partial charge in [-0.1, -0.05) is 48.0 Å². The predicted molar refractivity (Wildman–Crippen MR) is 68.1 cm³/mol. The molecule has 0 amide bonds. The molecule has 0 heterocycles. The van der Waals surface area contributed by atoms with Gasteiger partial charge in [0.25, 0.3) is 0 Å². The highest BCUT2D eigenvalue weighted by atomic mass is 35.5. The van der Waals surface area contributed by atoms with Gasteiger partial charge in [0.1, 0.15) is 12.4 Å². The van der Waals surface area contributed by atoms with Gasteiger partial charge in [0.15, 0.2) is 0 Å². The molecule has 0 spiro atoms. The molecular weight excluding hydrogens is 236 g/mol. The second kappa shape index (κ2) is 5.71. The van der Waals surface area contributed by atoms with Crippen LogP contribution in [-0.4, -0.2) is 5.11 Å². The Balaban J connectivity index is 2.10. The standard InChI is InChI=1S/C14H13ClO2/c15-13-7-3-1-6-12(13)10-17-14-8-4-2-5-11(14)9-16/h1-8,16H,9-10H2. The third-order valence-corrected chi connectivity index (χ3v) is 2.85. The lowest BCUT2D eigenvalue weighted by molar-refractivity contribution is 0.259. The van der Waals surface area contributed by atoms with Gasteiger partial charge in [0, 0.05) is 16.1 Å². The summed E-state index contributed by atoms with van der Waals surface area (Å²) in [7, 11) is 0. The summed E-state index contributed by atoms with van der Waals surface area (Å²) in [5.41, 5.74) is 1.71. The first-order valence-corrected chi connectivity index (χ1v) is 5.74. The van der Waals surface area contributed by atoms with Crippen LogP contribution in [0.1, 0.15) is 11.1 Å². The molecule has 0 saturated heterocycles. The van der Waals surface area contributed by atoms with Crippen LogP contribution in [0.5, 0.6) is 5.75 Å². The van der Waals surface area contributed by atoms with Crippen LogP contribution in [0.4, 0.5) is 0 Å². The summed E-state index contributed by atoms with van der Waals surface area (Å²) in [6, 6.07) is 15.0. The van der Waals surface area contributed by atoms with Crippen molar-refractivity contribution in [1.29, 1.82) is 0 Å². The lowest BCUT2D eigenvalue weighted by atomic mass is 10.2. The van der Waals surface area contributed by atoms with Crippen LogP contribution in [0, 0.1) is 0 Å². The lowest BCUT2D eigenvalue weighted by Gasteiger charge is -2.10. The second-order valence-electron chi connectivity index (χ2n) is 3.65.